The fraction of sp³-hybridized carbons (Fsp3) is 0.423. The third-order valence-corrected chi connectivity index (χ3v) is 5.82. The smallest absolute Gasteiger partial charge is 0.315 e. The van der Waals surface area contributed by atoms with Gasteiger partial charge in [-0.15, -0.1) is 0 Å². The van der Waals surface area contributed by atoms with E-state index in [1.807, 2.05) is 49.1 Å². The molecule has 33 heavy (non-hydrogen) atoms. The normalized spacial score (nSPS) is 14.8. The van der Waals surface area contributed by atoms with Crippen molar-refractivity contribution in [3.05, 3.63) is 65.7 Å². The topological polar surface area (TPSA) is 90.5 Å². The van der Waals surface area contributed by atoms with E-state index in [2.05, 4.69) is 16.0 Å². The Hall–Kier alpha value is -3.35. The highest BCUT2D eigenvalue weighted by atomic mass is 16.2. The van der Waals surface area contributed by atoms with Crippen LogP contribution in [0.3, 0.4) is 0 Å². The molecular formula is C26H34N4O3. The molecule has 7 heteroatoms. The van der Waals surface area contributed by atoms with Gasteiger partial charge in [0, 0.05) is 30.9 Å². The lowest BCUT2D eigenvalue weighted by atomic mass is 10.0. The number of benzene rings is 2. The van der Waals surface area contributed by atoms with Gasteiger partial charge in [-0.2, -0.15) is 0 Å². The monoisotopic (exact) mass is 450 g/mol. The first-order valence-electron chi connectivity index (χ1n) is 11.7. The molecule has 0 saturated carbocycles. The van der Waals surface area contributed by atoms with Crippen LogP contribution in [0.2, 0.25) is 0 Å². The number of hydrogen-bond donors (Lipinski definition) is 3. The Kier molecular flexibility index (Phi) is 8.87. The molecule has 1 aliphatic heterocycles. The molecule has 1 heterocycles. The second kappa shape index (κ2) is 12.0. The second-order valence-electron chi connectivity index (χ2n) is 8.81. The maximum atomic E-state index is 12.8. The van der Waals surface area contributed by atoms with Crippen LogP contribution in [0.25, 0.3) is 0 Å². The fourth-order valence-corrected chi connectivity index (χ4v) is 3.88. The van der Waals surface area contributed by atoms with Crippen LogP contribution in [-0.4, -0.2) is 41.9 Å². The number of hydrogen-bond acceptors (Lipinski definition) is 3. The van der Waals surface area contributed by atoms with Gasteiger partial charge < -0.3 is 20.9 Å². The number of nitrogens with one attached hydrogen (secondary N) is 3. The molecule has 4 amide bonds. The third kappa shape index (κ3) is 7.34. The second-order valence-corrected chi connectivity index (χ2v) is 8.81. The predicted molar refractivity (Wildman–Crippen MR) is 130 cm³/mol. The van der Waals surface area contributed by atoms with Gasteiger partial charge in [-0.3, -0.25) is 9.59 Å². The van der Waals surface area contributed by atoms with Crippen molar-refractivity contribution >= 4 is 23.5 Å². The van der Waals surface area contributed by atoms with Crippen LogP contribution in [0.5, 0.6) is 0 Å². The zero-order valence-electron chi connectivity index (χ0n) is 19.5. The maximum absolute atomic E-state index is 12.8. The van der Waals surface area contributed by atoms with E-state index < -0.39 is 12.1 Å². The van der Waals surface area contributed by atoms with Crippen LogP contribution >= 0.6 is 0 Å². The minimum Gasteiger partial charge on any atom is -0.339 e. The van der Waals surface area contributed by atoms with E-state index in [1.165, 1.54) is 12.8 Å². The molecule has 0 aromatic heterocycles. The minimum atomic E-state index is -0.695. The molecule has 3 rings (SSSR count). The van der Waals surface area contributed by atoms with Gasteiger partial charge in [0.25, 0.3) is 5.91 Å². The van der Waals surface area contributed by atoms with Crippen LogP contribution in [0.15, 0.2) is 54.6 Å². The highest BCUT2D eigenvalue weighted by Gasteiger charge is 2.24. The number of carbonyl (C=O) groups is 3. The molecule has 1 atom stereocenters. The first kappa shape index (κ1) is 24.3. The summed E-state index contributed by atoms with van der Waals surface area (Å²) in [6, 6.07) is 15.4. The van der Waals surface area contributed by atoms with Crippen molar-refractivity contribution in [2.75, 3.05) is 18.4 Å². The van der Waals surface area contributed by atoms with Gasteiger partial charge in [-0.25, -0.2) is 4.79 Å². The molecule has 0 spiro atoms. The Morgan fingerprint density at radius 1 is 0.879 bits per heavy atom. The number of amides is 4. The van der Waals surface area contributed by atoms with Gasteiger partial charge in [0.1, 0.15) is 6.04 Å². The Balaban J connectivity index is 1.54. The Morgan fingerprint density at radius 3 is 2.12 bits per heavy atom. The molecule has 2 aromatic rings. The molecule has 1 saturated heterocycles. The zero-order valence-corrected chi connectivity index (χ0v) is 19.5. The van der Waals surface area contributed by atoms with Crippen molar-refractivity contribution in [1.29, 1.82) is 0 Å². The number of anilines is 1. The molecule has 2 aromatic carbocycles. The van der Waals surface area contributed by atoms with Crippen LogP contribution in [-0.2, 0) is 11.3 Å². The molecule has 0 bridgehead atoms. The van der Waals surface area contributed by atoms with Crippen molar-refractivity contribution in [2.24, 2.45) is 5.92 Å². The van der Waals surface area contributed by atoms with Crippen LogP contribution in [0, 0.1) is 5.92 Å². The number of nitrogens with zero attached hydrogens (tertiary/aromatic N) is 1. The van der Waals surface area contributed by atoms with Gasteiger partial charge in [0.2, 0.25) is 5.91 Å². The van der Waals surface area contributed by atoms with Gasteiger partial charge in [0.15, 0.2) is 0 Å². The molecule has 0 radical (unpaired) electrons. The van der Waals surface area contributed by atoms with E-state index >= 15 is 0 Å². The molecule has 1 aliphatic rings. The SMILES string of the molecule is CC(C)C(NC(=O)NCc1ccccc1)C(=O)Nc1ccc(C(=O)N2CCCCCC2)cc1. The number of rotatable bonds is 7. The number of likely N-dealkylation sites (tertiary alicyclic amines) is 1. The quantitative estimate of drug-likeness (QED) is 0.591. The summed E-state index contributed by atoms with van der Waals surface area (Å²) in [6.45, 7) is 5.73. The molecule has 1 fully saturated rings. The highest BCUT2D eigenvalue weighted by Crippen LogP contribution is 2.16. The fourth-order valence-electron chi connectivity index (χ4n) is 3.88. The summed E-state index contributed by atoms with van der Waals surface area (Å²) in [7, 11) is 0. The summed E-state index contributed by atoms with van der Waals surface area (Å²) in [5.41, 5.74) is 2.19. The van der Waals surface area contributed by atoms with Crippen molar-refractivity contribution in [1.82, 2.24) is 15.5 Å². The first-order chi connectivity index (χ1) is 15.9. The van der Waals surface area contributed by atoms with Crippen LogP contribution < -0.4 is 16.0 Å². The standard InChI is InChI=1S/C26H34N4O3/c1-19(2)23(29-26(33)27-18-20-10-6-5-7-11-20)24(31)28-22-14-12-21(13-15-22)25(32)30-16-8-3-4-9-17-30/h5-7,10-15,19,23H,3-4,8-9,16-18H2,1-2H3,(H,28,31)(H2,27,29,33). The first-order valence-corrected chi connectivity index (χ1v) is 11.7. The third-order valence-electron chi connectivity index (χ3n) is 5.82. The molecule has 1 unspecified atom stereocenters. The number of carbonyl (C=O) groups excluding carboxylic acids is 3. The van der Waals surface area contributed by atoms with E-state index in [0.29, 0.717) is 17.8 Å². The summed E-state index contributed by atoms with van der Waals surface area (Å²) in [4.78, 5) is 39.8. The predicted octanol–water partition coefficient (Wildman–Crippen LogP) is 4.17. The van der Waals surface area contributed by atoms with Crippen LogP contribution in [0.1, 0.15) is 55.5 Å². The largest absolute Gasteiger partial charge is 0.339 e. The van der Waals surface area contributed by atoms with Crippen molar-refractivity contribution < 1.29 is 14.4 Å². The van der Waals surface area contributed by atoms with E-state index in [0.717, 1.165) is 31.5 Å². The Bertz CT molecular complexity index is 920. The summed E-state index contributed by atoms with van der Waals surface area (Å²) in [5.74, 6) is -0.366. The lowest BCUT2D eigenvalue weighted by Crippen LogP contribution is -2.50. The molecular weight excluding hydrogens is 416 g/mol. The summed E-state index contributed by atoms with van der Waals surface area (Å²) in [6.07, 6.45) is 4.43. The molecule has 7 nitrogen and oxygen atoms in total. The summed E-state index contributed by atoms with van der Waals surface area (Å²) in [5, 5.41) is 8.40. The average molecular weight is 451 g/mol. The van der Waals surface area contributed by atoms with Gasteiger partial charge in [-0.05, 0) is 48.6 Å². The summed E-state index contributed by atoms with van der Waals surface area (Å²) >= 11 is 0. The number of urea groups is 1. The summed E-state index contributed by atoms with van der Waals surface area (Å²) < 4.78 is 0. The van der Waals surface area contributed by atoms with Gasteiger partial charge >= 0.3 is 6.03 Å². The maximum Gasteiger partial charge on any atom is 0.315 e. The molecule has 3 N–H and O–H groups in total. The van der Waals surface area contributed by atoms with Crippen molar-refractivity contribution in [3.63, 3.8) is 0 Å². The molecule has 176 valence electrons. The van der Waals surface area contributed by atoms with Gasteiger partial charge in [0.05, 0.1) is 0 Å². The van der Waals surface area contributed by atoms with Crippen molar-refractivity contribution in [3.8, 4) is 0 Å². The average Bonchev–Trinajstić information content (AvgIpc) is 3.11. The minimum absolute atomic E-state index is 0.0339. The van der Waals surface area contributed by atoms with E-state index in [9.17, 15) is 14.4 Å². The van der Waals surface area contributed by atoms with E-state index in [4.69, 9.17) is 0 Å². The molecule has 0 aliphatic carbocycles. The highest BCUT2D eigenvalue weighted by molar-refractivity contribution is 5.98. The van der Waals surface area contributed by atoms with Crippen molar-refractivity contribution in [2.45, 2.75) is 52.1 Å². The lowest BCUT2D eigenvalue weighted by Gasteiger charge is -2.22. The van der Waals surface area contributed by atoms with E-state index in [1.54, 1.807) is 24.3 Å². The van der Waals surface area contributed by atoms with Crippen LogP contribution in [0.4, 0.5) is 10.5 Å². The lowest BCUT2D eigenvalue weighted by molar-refractivity contribution is -0.118. The Morgan fingerprint density at radius 2 is 1.52 bits per heavy atom. The zero-order chi connectivity index (χ0) is 23.6. The Labute approximate surface area is 195 Å². The van der Waals surface area contributed by atoms with Gasteiger partial charge in [-0.1, -0.05) is 57.0 Å². The van der Waals surface area contributed by atoms with E-state index in [-0.39, 0.29) is 17.7 Å².